The third kappa shape index (κ3) is 5.34. The van der Waals surface area contributed by atoms with Crippen LogP contribution in [0.5, 0.6) is 0 Å². The minimum Gasteiger partial charge on any atom is -0.458 e. The number of rotatable bonds is 6. The Kier molecular flexibility index (Phi) is 5.42. The molecule has 0 aromatic carbocycles. The Balaban J connectivity index is 2.29. The van der Waals surface area contributed by atoms with Crippen LogP contribution in [-0.2, 0) is 14.3 Å². The first-order chi connectivity index (χ1) is 8.80. The van der Waals surface area contributed by atoms with Gasteiger partial charge in [0.2, 0.25) is 0 Å². The molecule has 0 N–H and O–H groups in total. The number of carbonyl (C=O) groups excluding carboxylic acids is 3. The van der Waals surface area contributed by atoms with Crippen LogP contribution >= 0.6 is 11.3 Å². The summed E-state index contributed by atoms with van der Waals surface area (Å²) in [5.74, 6) is -0.720. The van der Waals surface area contributed by atoms with E-state index in [1.165, 1.54) is 11.3 Å². The fourth-order valence-corrected chi connectivity index (χ4v) is 1.91. The second-order valence-electron chi connectivity index (χ2n) is 5.23. The van der Waals surface area contributed by atoms with Gasteiger partial charge in [0.15, 0.2) is 18.2 Å². The highest BCUT2D eigenvalue weighted by atomic mass is 32.1. The number of ether oxygens (including phenoxy) is 1. The van der Waals surface area contributed by atoms with Crippen molar-refractivity contribution in [3.8, 4) is 0 Å². The van der Waals surface area contributed by atoms with E-state index in [9.17, 15) is 14.4 Å². The zero-order valence-corrected chi connectivity index (χ0v) is 12.2. The predicted octanol–water partition coefficient (Wildman–Crippen LogP) is 2.87. The van der Waals surface area contributed by atoms with Gasteiger partial charge in [-0.3, -0.25) is 14.4 Å². The molecule has 0 fully saturated rings. The van der Waals surface area contributed by atoms with E-state index >= 15 is 0 Å². The van der Waals surface area contributed by atoms with E-state index in [0.29, 0.717) is 4.88 Å². The summed E-state index contributed by atoms with van der Waals surface area (Å²) in [5.41, 5.74) is -0.521. The number of hydrogen-bond acceptors (Lipinski definition) is 5. The molecule has 0 spiro atoms. The minimum atomic E-state index is -0.521. The number of esters is 1. The fourth-order valence-electron chi connectivity index (χ4n) is 1.21. The zero-order valence-electron chi connectivity index (χ0n) is 11.4. The topological polar surface area (TPSA) is 60.4 Å². The maximum atomic E-state index is 11.6. The lowest BCUT2D eigenvalue weighted by Crippen LogP contribution is -2.26. The lowest BCUT2D eigenvalue weighted by Gasteiger charge is -2.16. The van der Waals surface area contributed by atoms with E-state index in [4.69, 9.17) is 4.74 Å². The van der Waals surface area contributed by atoms with Crippen molar-refractivity contribution in [3.63, 3.8) is 0 Å². The van der Waals surface area contributed by atoms with E-state index in [0.717, 1.165) is 0 Å². The highest BCUT2D eigenvalue weighted by molar-refractivity contribution is 7.12. The molecule has 0 saturated carbocycles. The van der Waals surface area contributed by atoms with Crippen LogP contribution in [0.25, 0.3) is 0 Å². The molecule has 0 radical (unpaired) electrons. The van der Waals surface area contributed by atoms with E-state index in [1.807, 2.05) is 5.38 Å². The Morgan fingerprint density at radius 1 is 1.21 bits per heavy atom. The van der Waals surface area contributed by atoms with E-state index in [-0.39, 0.29) is 31.0 Å². The molecule has 1 heterocycles. The van der Waals surface area contributed by atoms with Gasteiger partial charge in [0.1, 0.15) is 0 Å². The Morgan fingerprint density at radius 3 is 2.42 bits per heavy atom. The van der Waals surface area contributed by atoms with Gasteiger partial charge >= 0.3 is 5.97 Å². The van der Waals surface area contributed by atoms with Gasteiger partial charge in [-0.2, -0.15) is 0 Å². The molecule has 0 atom stereocenters. The van der Waals surface area contributed by atoms with Crippen molar-refractivity contribution < 1.29 is 19.1 Å². The van der Waals surface area contributed by atoms with Crippen LogP contribution < -0.4 is 0 Å². The van der Waals surface area contributed by atoms with Gasteiger partial charge in [-0.15, -0.1) is 11.3 Å². The summed E-state index contributed by atoms with van der Waals surface area (Å²) in [6.07, 6.45) is 0.122. The highest BCUT2D eigenvalue weighted by Gasteiger charge is 2.22. The number of ketones is 2. The molecule has 0 amide bonds. The van der Waals surface area contributed by atoms with Gasteiger partial charge in [0, 0.05) is 11.8 Å². The van der Waals surface area contributed by atoms with Crippen molar-refractivity contribution in [2.24, 2.45) is 5.41 Å². The molecule has 1 aromatic heterocycles. The number of hydrogen-bond donors (Lipinski definition) is 0. The summed E-state index contributed by atoms with van der Waals surface area (Å²) in [6.45, 7) is 5.08. The molecule has 4 nitrogen and oxygen atoms in total. The van der Waals surface area contributed by atoms with Crippen LogP contribution in [0, 0.1) is 5.41 Å². The van der Waals surface area contributed by atoms with Gasteiger partial charge < -0.3 is 4.74 Å². The molecular weight excluding hydrogens is 264 g/mol. The van der Waals surface area contributed by atoms with Gasteiger partial charge in [0.25, 0.3) is 0 Å². The molecule has 19 heavy (non-hydrogen) atoms. The van der Waals surface area contributed by atoms with Crippen LogP contribution in [0.2, 0.25) is 0 Å². The highest BCUT2D eigenvalue weighted by Crippen LogP contribution is 2.15. The largest absolute Gasteiger partial charge is 0.458 e. The maximum Gasteiger partial charge on any atom is 0.306 e. The molecule has 0 unspecified atom stereocenters. The summed E-state index contributed by atoms with van der Waals surface area (Å²) < 4.78 is 4.86. The average molecular weight is 282 g/mol. The SMILES string of the molecule is CC(C)(C)C(=O)COC(=O)CCC(=O)c1cccs1. The molecule has 0 aliphatic rings. The van der Waals surface area contributed by atoms with Crippen molar-refractivity contribution in [3.05, 3.63) is 22.4 Å². The number of carbonyl (C=O) groups is 3. The van der Waals surface area contributed by atoms with Gasteiger partial charge in [0.05, 0.1) is 11.3 Å². The standard InChI is InChI=1S/C14H18O4S/c1-14(2,3)12(16)9-18-13(17)7-6-10(15)11-5-4-8-19-11/h4-5,8H,6-7,9H2,1-3H3. The molecule has 104 valence electrons. The Bertz CT molecular complexity index is 454. The van der Waals surface area contributed by atoms with Gasteiger partial charge in [-0.05, 0) is 11.4 Å². The molecule has 5 heteroatoms. The maximum absolute atomic E-state index is 11.6. The van der Waals surface area contributed by atoms with Crippen LogP contribution in [0.1, 0.15) is 43.3 Å². The number of Topliss-reactive ketones (excluding diaryl/α,β-unsaturated/α-hetero) is 2. The molecular formula is C14H18O4S. The van der Waals surface area contributed by atoms with E-state index < -0.39 is 11.4 Å². The Hall–Kier alpha value is -1.49. The zero-order chi connectivity index (χ0) is 14.5. The summed E-state index contributed by atoms with van der Waals surface area (Å²) in [7, 11) is 0. The molecule has 0 bridgehead atoms. The van der Waals surface area contributed by atoms with Crippen molar-refractivity contribution in [1.29, 1.82) is 0 Å². The van der Waals surface area contributed by atoms with Gasteiger partial charge in [-0.1, -0.05) is 26.8 Å². The summed E-state index contributed by atoms with van der Waals surface area (Å²) in [6, 6.07) is 3.51. The third-order valence-corrected chi connectivity index (χ3v) is 3.46. The second-order valence-corrected chi connectivity index (χ2v) is 6.18. The van der Waals surface area contributed by atoms with Crippen molar-refractivity contribution >= 4 is 28.9 Å². The monoisotopic (exact) mass is 282 g/mol. The van der Waals surface area contributed by atoms with Crippen molar-refractivity contribution in [2.45, 2.75) is 33.6 Å². The normalized spacial score (nSPS) is 11.1. The van der Waals surface area contributed by atoms with Crippen molar-refractivity contribution in [1.82, 2.24) is 0 Å². The van der Waals surface area contributed by atoms with Crippen LogP contribution in [-0.4, -0.2) is 24.1 Å². The lowest BCUT2D eigenvalue weighted by molar-refractivity contribution is -0.150. The fraction of sp³-hybridized carbons (Fsp3) is 0.500. The van der Waals surface area contributed by atoms with Crippen molar-refractivity contribution in [2.75, 3.05) is 6.61 Å². The van der Waals surface area contributed by atoms with Gasteiger partial charge in [-0.25, -0.2) is 0 Å². The summed E-state index contributed by atoms with van der Waals surface area (Å²) >= 11 is 1.35. The quantitative estimate of drug-likeness (QED) is 0.594. The van der Waals surface area contributed by atoms with Crippen LogP contribution in [0.3, 0.4) is 0 Å². The first kappa shape index (κ1) is 15.6. The summed E-state index contributed by atoms with van der Waals surface area (Å²) in [5, 5.41) is 1.81. The smallest absolute Gasteiger partial charge is 0.306 e. The van der Waals surface area contributed by atoms with E-state index in [2.05, 4.69) is 0 Å². The predicted molar refractivity (Wildman–Crippen MR) is 73.3 cm³/mol. The molecule has 1 aromatic rings. The third-order valence-electron chi connectivity index (χ3n) is 2.55. The van der Waals surface area contributed by atoms with Crippen LogP contribution in [0.4, 0.5) is 0 Å². The Morgan fingerprint density at radius 2 is 1.89 bits per heavy atom. The minimum absolute atomic E-state index is 0.00809. The Labute approximate surface area is 116 Å². The first-order valence-corrected chi connectivity index (χ1v) is 6.94. The lowest BCUT2D eigenvalue weighted by atomic mass is 9.91. The number of thiophene rings is 1. The average Bonchev–Trinajstić information content (AvgIpc) is 2.85. The molecule has 0 saturated heterocycles. The molecule has 0 aliphatic carbocycles. The van der Waals surface area contributed by atoms with Crippen LogP contribution in [0.15, 0.2) is 17.5 Å². The first-order valence-electron chi connectivity index (χ1n) is 6.06. The molecule has 0 aliphatic heterocycles. The second kappa shape index (κ2) is 6.61. The summed E-state index contributed by atoms with van der Waals surface area (Å²) in [4.78, 5) is 35.3. The van der Waals surface area contributed by atoms with E-state index in [1.54, 1.807) is 32.9 Å². The molecule has 1 rings (SSSR count).